The highest BCUT2D eigenvalue weighted by molar-refractivity contribution is 9.10. The largest absolute Gasteiger partial charge is 0.389 e. The number of aryl methyl sites for hydroxylation is 1. The maximum Gasteiger partial charge on any atom is 0.143 e. The molecule has 0 spiro atoms. The van der Waals surface area contributed by atoms with E-state index in [1.165, 1.54) is 0 Å². The molecule has 3 heteroatoms. The zero-order valence-corrected chi connectivity index (χ0v) is 9.23. The molecule has 0 saturated heterocycles. The second-order valence-corrected chi connectivity index (χ2v) is 3.86. The van der Waals surface area contributed by atoms with Gasteiger partial charge in [-0.2, -0.15) is 0 Å². The average molecular weight is 247 g/mol. The lowest BCUT2D eigenvalue weighted by atomic mass is 10.0. The normalized spacial score (nSPS) is 13.0. The third-order valence-corrected chi connectivity index (χ3v) is 2.55. The van der Waals surface area contributed by atoms with Gasteiger partial charge in [0, 0.05) is 5.56 Å². The molecule has 0 radical (unpaired) electrons. The van der Waals surface area contributed by atoms with Crippen molar-refractivity contribution in [3.63, 3.8) is 0 Å². The molecule has 1 aromatic carbocycles. The summed E-state index contributed by atoms with van der Waals surface area (Å²) in [5.74, 6) is -0.368. The van der Waals surface area contributed by atoms with Crippen LogP contribution in [0.25, 0.3) is 0 Å². The van der Waals surface area contributed by atoms with E-state index in [0.29, 0.717) is 10.0 Å². The number of rotatable bonds is 2. The minimum atomic E-state index is -0.761. The average Bonchev–Trinajstić information content (AvgIpc) is 2.09. The van der Waals surface area contributed by atoms with Crippen molar-refractivity contribution in [2.24, 2.45) is 0 Å². The van der Waals surface area contributed by atoms with Crippen LogP contribution < -0.4 is 0 Å². The highest BCUT2D eigenvalue weighted by Crippen LogP contribution is 2.25. The predicted octanol–water partition coefficient (Wildman–Crippen LogP) is 3.20. The van der Waals surface area contributed by atoms with Crippen molar-refractivity contribution in [1.29, 1.82) is 0 Å². The van der Waals surface area contributed by atoms with Crippen LogP contribution in [-0.4, -0.2) is 5.11 Å². The molecule has 0 aromatic heterocycles. The van der Waals surface area contributed by atoms with Crippen molar-refractivity contribution >= 4 is 15.9 Å². The first-order valence-electron chi connectivity index (χ1n) is 4.22. The van der Waals surface area contributed by atoms with E-state index in [9.17, 15) is 9.50 Å². The molecule has 0 fully saturated rings. The highest BCUT2D eigenvalue weighted by Gasteiger charge is 2.12. The summed E-state index contributed by atoms with van der Waals surface area (Å²) < 4.78 is 13.8. The Hall–Kier alpha value is -0.410. The predicted molar refractivity (Wildman–Crippen MR) is 54.1 cm³/mol. The Bertz CT molecular complexity index is 310. The van der Waals surface area contributed by atoms with E-state index in [4.69, 9.17) is 0 Å². The first-order chi connectivity index (χ1) is 6.06. The summed E-state index contributed by atoms with van der Waals surface area (Å²) in [6.07, 6.45) is 0.0706. The van der Waals surface area contributed by atoms with Crippen LogP contribution in [0.3, 0.4) is 0 Å². The lowest BCUT2D eigenvalue weighted by molar-refractivity contribution is 0.194. The molecule has 1 rings (SSSR count). The second kappa shape index (κ2) is 4.20. The van der Waals surface area contributed by atoms with Crippen LogP contribution in [0.1, 0.15) is 31.1 Å². The summed E-state index contributed by atoms with van der Waals surface area (Å²) >= 11 is 3.12. The highest BCUT2D eigenvalue weighted by atomic mass is 79.9. The number of aliphatic hydroxyl groups is 1. The first-order valence-corrected chi connectivity index (χ1v) is 5.01. The molecular weight excluding hydrogens is 235 g/mol. The number of benzene rings is 1. The number of aliphatic hydroxyl groups excluding tert-OH is 1. The Morgan fingerprint density at radius 3 is 2.62 bits per heavy atom. The van der Waals surface area contributed by atoms with Gasteiger partial charge in [0.15, 0.2) is 0 Å². The number of hydrogen-bond acceptors (Lipinski definition) is 1. The topological polar surface area (TPSA) is 20.2 Å². The number of halogens is 2. The molecule has 0 amide bonds. The fourth-order valence-electron chi connectivity index (χ4n) is 1.18. The molecule has 1 aromatic rings. The summed E-state index contributed by atoms with van der Waals surface area (Å²) in [5, 5.41) is 9.29. The van der Waals surface area contributed by atoms with Gasteiger partial charge >= 0.3 is 0 Å². The summed E-state index contributed by atoms with van der Waals surface area (Å²) in [7, 11) is 0. The smallest absolute Gasteiger partial charge is 0.143 e. The minimum Gasteiger partial charge on any atom is -0.389 e. The van der Waals surface area contributed by atoms with Crippen molar-refractivity contribution in [3.05, 3.63) is 33.5 Å². The third-order valence-electron chi connectivity index (χ3n) is 1.97. The van der Waals surface area contributed by atoms with E-state index < -0.39 is 6.10 Å². The summed E-state index contributed by atoms with van der Waals surface area (Å²) in [4.78, 5) is 0. The molecule has 72 valence electrons. The Morgan fingerprint density at radius 1 is 1.54 bits per heavy atom. The fourth-order valence-corrected chi connectivity index (χ4v) is 1.70. The minimum absolute atomic E-state index is 0.353. The SMILES string of the molecule is CCc1cc(Br)c(F)c(C(C)O)c1. The Morgan fingerprint density at radius 2 is 2.15 bits per heavy atom. The zero-order valence-electron chi connectivity index (χ0n) is 7.64. The standard InChI is InChI=1S/C10H12BrFO/c1-3-7-4-8(6(2)13)10(12)9(11)5-7/h4-6,13H,3H2,1-2H3. The van der Waals surface area contributed by atoms with Gasteiger partial charge in [-0.25, -0.2) is 4.39 Å². The van der Waals surface area contributed by atoms with Gasteiger partial charge in [-0.1, -0.05) is 13.0 Å². The van der Waals surface area contributed by atoms with Crippen LogP contribution in [0.15, 0.2) is 16.6 Å². The van der Waals surface area contributed by atoms with Crippen LogP contribution in [0.2, 0.25) is 0 Å². The van der Waals surface area contributed by atoms with E-state index in [0.717, 1.165) is 12.0 Å². The fraction of sp³-hybridized carbons (Fsp3) is 0.400. The Kier molecular flexibility index (Phi) is 3.45. The molecule has 0 aliphatic heterocycles. The van der Waals surface area contributed by atoms with Gasteiger partial charge in [-0.15, -0.1) is 0 Å². The van der Waals surface area contributed by atoms with Gasteiger partial charge in [0.2, 0.25) is 0 Å². The van der Waals surface area contributed by atoms with Crippen LogP contribution in [0.4, 0.5) is 4.39 Å². The van der Waals surface area contributed by atoms with Gasteiger partial charge in [-0.05, 0) is 40.9 Å². The molecule has 0 saturated carbocycles. The maximum absolute atomic E-state index is 13.4. The maximum atomic E-state index is 13.4. The van der Waals surface area contributed by atoms with Crippen LogP contribution >= 0.6 is 15.9 Å². The molecule has 13 heavy (non-hydrogen) atoms. The molecule has 0 aliphatic rings. The molecule has 0 aliphatic carbocycles. The zero-order chi connectivity index (χ0) is 10.0. The van der Waals surface area contributed by atoms with E-state index in [-0.39, 0.29) is 5.82 Å². The molecule has 1 nitrogen and oxygen atoms in total. The van der Waals surface area contributed by atoms with E-state index in [1.807, 2.05) is 6.92 Å². The summed E-state index contributed by atoms with van der Waals surface area (Å²) in [6.45, 7) is 3.55. The van der Waals surface area contributed by atoms with E-state index >= 15 is 0 Å². The summed E-state index contributed by atoms with van der Waals surface area (Å²) in [6, 6.07) is 3.44. The molecular formula is C10H12BrFO. The Labute approximate surface area is 85.7 Å². The van der Waals surface area contributed by atoms with Crippen LogP contribution in [-0.2, 0) is 6.42 Å². The molecule has 0 heterocycles. The van der Waals surface area contributed by atoms with Gasteiger partial charge in [0.1, 0.15) is 5.82 Å². The third kappa shape index (κ3) is 2.29. The van der Waals surface area contributed by atoms with Gasteiger partial charge in [0.25, 0.3) is 0 Å². The molecule has 1 N–H and O–H groups in total. The van der Waals surface area contributed by atoms with Crippen molar-refractivity contribution in [3.8, 4) is 0 Å². The van der Waals surface area contributed by atoms with Crippen molar-refractivity contribution in [2.45, 2.75) is 26.4 Å². The molecule has 0 bridgehead atoms. The lowest BCUT2D eigenvalue weighted by Crippen LogP contribution is -1.98. The quantitative estimate of drug-likeness (QED) is 0.850. The molecule has 1 atom stereocenters. The lowest BCUT2D eigenvalue weighted by Gasteiger charge is -2.09. The summed E-state index contributed by atoms with van der Waals surface area (Å²) in [5.41, 5.74) is 1.37. The van der Waals surface area contributed by atoms with Gasteiger partial charge in [0.05, 0.1) is 10.6 Å². The molecule has 1 unspecified atom stereocenters. The van der Waals surface area contributed by atoms with E-state index in [2.05, 4.69) is 15.9 Å². The Balaban J connectivity index is 3.25. The first kappa shape index (κ1) is 10.7. The van der Waals surface area contributed by atoms with Gasteiger partial charge in [-0.3, -0.25) is 0 Å². The van der Waals surface area contributed by atoms with Gasteiger partial charge < -0.3 is 5.11 Å². The monoisotopic (exact) mass is 246 g/mol. The van der Waals surface area contributed by atoms with Crippen LogP contribution in [0, 0.1) is 5.82 Å². The van der Waals surface area contributed by atoms with Crippen LogP contribution in [0.5, 0.6) is 0 Å². The van der Waals surface area contributed by atoms with Crippen molar-refractivity contribution < 1.29 is 9.50 Å². The van der Waals surface area contributed by atoms with E-state index in [1.54, 1.807) is 19.1 Å². The second-order valence-electron chi connectivity index (χ2n) is 3.01. The number of hydrogen-bond donors (Lipinski definition) is 1. The van der Waals surface area contributed by atoms with Crippen molar-refractivity contribution in [1.82, 2.24) is 0 Å². The van der Waals surface area contributed by atoms with Crippen molar-refractivity contribution in [2.75, 3.05) is 0 Å².